The number of rotatable bonds is 12. The molecule has 2 aromatic rings. The van der Waals surface area contributed by atoms with Gasteiger partial charge in [-0.15, -0.1) is 11.8 Å². The predicted octanol–water partition coefficient (Wildman–Crippen LogP) is 6.58. The molecule has 0 unspecified atom stereocenters. The van der Waals surface area contributed by atoms with Gasteiger partial charge in [-0.2, -0.15) is 0 Å². The minimum absolute atomic E-state index is 0.0374. The number of nitrogens with one attached hydrogen (secondary N) is 1. The molecule has 0 bridgehead atoms. The molecule has 0 spiro atoms. The normalized spacial score (nSPS) is 10.8. The molecule has 0 radical (unpaired) electrons. The predicted molar refractivity (Wildman–Crippen MR) is 118 cm³/mol. The summed E-state index contributed by atoms with van der Waals surface area (Å²) in [5, 5.41) is 22.4. The molecule has 0 saturated heterocycles. The number of para-hydroxylation sites is 1. The smallest absolute Gasteiger partial charge is 0.257 e. The van der Waals surface area contributed by atoms with Crippen molar-refractivity contribution in [3.8, 4) is 11.5 Å². The molecule has 3 N–H and O–H groups in total. The second-order valence-corrected chi connectivity index (χ2v) is 8.08. The maximum atomic E-state index is 12.7. The second kappa shape index (κ2) is 12.3. The highest BCUT2D eigenvalue weighted by Crippen LogP contribution is 2.33. The van der Waals surface area contributed by atoms with Gasteiger partial charge in [0, 0.05) is 4.90 Å². The summed E-state index contributed by atoms with van der Waals surface area (Å²) in [5.41, 5.74) is 0.588. The van der Waals surface area contributed by atoms with E-state index in [1.165, 1.54) is 63.1 Å². The number of benzene rings is 2. The molecule has 28 heavy (non-hydrogen) atoms. The minimum atomic E-state index is -0.337. The zero-order valence-electron chi connectivity index (χ0n) is 16.6. The summed E-state index contributed by atoms with van der Waals surface area (Å²) in [4.78, 5) is 13.6. The molecule has 0 heterocycles. The summed E-state index contributed by atoms with van der Waals surface area (Å²) < 4.78 is 0. The van der Waals surface area contributed by atoms with Gasteiger partial charge in [0.2, 0.25) is 0 Å². The first-order valence-corrected chi connectivity index (χ1v) is 11.2. The highest BCUT2D eigenvalue weighted by atomic mass is 32.2. The SMILES string of the molecule is CCCCCCCCCCSc1ccccc1C(=O)Nc1c(O)cccc1O. The number of phenols is 2. The van der Waals surface area contributed by atoms with E-state index in [1.807, 2.05) is 18.2 Å². The van der Waals surface area contributed by atoms with E-state index >= 15 is 0 Å². The maximum absolute atomic E-state index is 12.7. The molecule has 0 aliphatic rings. The lowest BCUT2D eigenvalue weighted by Crippen LogP contribution is -2.13. The van der Waals surface area contributed by atoms with E-state index in [9.17, 15) is 15.0 Å². The van der Waals surface area contributed by atoms with Crippen LogP contribution in [0.2, 0.25) is 0 Å². The zero-order chi connectivity index (χ0) is 20.2. The fraction of sp³-hybridized carbons (Fsp3) is 0.435. The fourth-order valence-corrected chi connectivity index (χ4v) is 4.09. The van der Waals surface area contributed by atoms with E-state index < -0.39 is 0 Å². The van der Waals surface area contributed by atoms with Gasteiger partial charge >= 0.3 is 0 Å². The molecule has 0 aliphatic heterocycles. The number of aromatic hydroxyl groups is 2. The van der Waals surface area contributed by atoms with Crippen molar-refractivity contribution in [1.29, 1.82) is 0 Å². The summed E-state index contributed by atoms with van der Waals surface area (Å²) in [5.74, 6) is 0.326. The van der Waals surface area contributed by atoms with Crippen LogP contribution >= 0.6 is 11.8 Å². The molecule has 0 atom stereocenters. The Morgan fingerprint density at radius 1 is 0.857 bits per heavy atom. The molecule has 0 aromatic heterocycles. The van der Waals surface area contributed by atoms with Crippen molar-refractivity contribution in [3.05, 3.63) is 48.0 Å². The van der Waals surface area contributed by atoms with Crippen molar-refractivity contribution in [2.75, 3.05) is 11.1 Å². The van der Waals surface area contributed by atoms with Crippen LogP contribution in [0.3, 0.4) is 0 Å². The molecule has 5 heteroatoms. The Morgan fingerprint density at radius 2 is 1.46 bits per heavy atom. The van der Waals surface area contributed by atoms with Gasteiger partial charge in [-0.25, -0.2) is 0 Å². The van der Waals surface area contributed by atoms with Gasteiger partial charge in [0.1, 0.15) is 17.2 Å². The average molecular weight is 402 g/mol. The Hall–Kier alpha value is -2.14. The van der Waals surface area contributed by atoms with Crippen LogP contribution < -0.4 is 5.32 Å². The van der Waals surface area contributed by atoms with Gasteiger partial charge < -0.3 is 15.5 Å². The van der Waals surface area contributed by atoms with Crippen LogP contribution in [0.4, 0.5) is 5.69 Å². The number of carbonyl (C=O) groups excluding carboxylic acids is 1. The number of carbonyl (C=O) groups is 1. The van der Waals surface area contributed by atoms with Gasteiger partial charge in [-0.1, -0.05) is 70.1 Å². The Bertz CT molecular complexity index is 728. The summed E-state index contributed by atoms with van der Waals surface area (Å²) >= 11 is 1.68. The van der Waals surface area contributed by atoms with Crippen molar-refractivity contribution in [1.82, 2.24) is 0 Å². The van der Waals surface area contributed by atoms with E-state index in [1.54, 1.807) is 17.8 Å². The molecule has 152 valence electrons. The van der Waals surface area contributed by atoms with Crippen LogP contribution in [0, 0.1) is 0 Å². The van der Waals surface area contributed by atoms with Gasteiger partial charge in [0.15, 0.2) is 0 Å². The first kappa shape index (κ1) is 22.2. The van der Waals surface area contributed by atoms with E-state index in [0.29, 0.717) is 5.56 Å². The number of hydrogen-bond acceptors (Lipinski definition) is 4. The van der Waals surface area contributed by atoms with Gasteiger partial charge in [-0.05, 0) is 36.4 Å². The van der Waals surface area contributed by atoms with Gasteiger partial charge in [-0.3, -0.25) is 4.79 Å². The van der Waals surface area contributed by atoms with E-state index in [0.717, 1.165) is 17.1 Å². The van der Waals surface area contributed by atoms with Crippen LogP contribution in [-0.2, 0) is 0 Å². The largest absolute Gasteiger partial charge is 0.506 e. The number of hydrogen-bond donors (Lipinski definition) is 3. The molecule has 4 nitrogen and oxygen atoms in total. The van der Waals surface area contributed by atoms with Crippen LogP contribution in [0.1, 0.15) is 68.6 Å². The number of amides is 1. The Labute approximate surface area is 172 Å². The Morgan fingerprint density at radius 3 is 2.14 bits per heavy atom. The lowest BCUT2D eigenvalue weighted by atomic mass is 10.1. The molecule has 1 amide bonds. The Kier molecular flexibility index (Phi) is 9.77. The monoisotopic (exact) mass is 401 g/mol. The highest BCUT2D eigenvalue weighted by molar-refractivity contribution is 7.99. The molecular formula is C23H31NO3S. The van der Waals surface area contributed by atoms with E-state index in [4.69, 9.17) is 0 Å². The number of unbranched alkanes of at least 4 members (excludes halogenated alkanes) is 7. The lowest BCUT2D eigenvalue weighted by molar-refractivity contribution is 0.102. The van der Waals surface area contributed by atoms with Crippen LogP contribution in [-0.4, -0.2) is 21.9 Å². The highest BCUT2D eigenvalue weighted by Gasteiger charge is 2.15. The van der Waals surface area contributed by atoms with Crippen LogP contribution in [0.25, 0.3) is 0 Å². The first-order chi connectivity index (χ1) is 13.6. The molecular weight excluding hydrogens is 370 g/mol. The second-order valence-electron chi connectivity index (χ2n) is 6.94. The van der Waals surface area contributed by atoms with Crippen molar-refractivity contribution in [2.24, 2.45) is 0 Å². The van der Waals surface area contributed by atoms with E-state index in [2.05, 4.69) is 12.2 Å². The molecule has 2 rings (SSSR count). The molecule has 0 saturated carbocycles. The number of thioether (sulfide) groups is 1. The van der Waals surface area contributed by atoms with Crippen molar-refractivity contribution >= 4 is 23.4 Å². The minimum Gasteiger partial charge on any atom is -0.506 e. The summed E-state index contributed by atoms with van der Waals surface area (Å²) in [6, 6.07) is 11.8. The number of phenolic OH excluding ortho intramolecular Hbond substituents is 2. The Balaban J connectivity index is 1.83. The summed E-state index contributed by atoms with van der Waals surface area (Å²) in [6.45, 7) is 2.24. The average Bonchev–Trinajstić information content (AvgIpc) is 2.70. The molecule has 0 fully saturated rings. The maximum Gasteiger partial charge on any atom is 0.257 e. The lowest BCUT2D eigenvalue weighted by Gasteiger charge is -2.12. The van der Waals surface area contributed by atoms with Crippen LogP contribution in [0.5, 0.6) is 11.5 Å². The third kappa shape index (κ3) is 7.12. The molecule has 2 aromatic carbocycles. The summed E-state index contributed by atoms with van der Waals surface area (Å²) in [7, 11) is 0. The van der Waals surface area contributed by atoms with Crippen molar-refractivity contribution < 1.29 is 15.0 Å². The quantitative estimate of drug-likeness (QED) is 0.213. The standard InChI is InChI=1S/C23H31NO3S/c1-2-3-4-5-6-7-8-11-17-28-21-16-10-9-13-18(21)23(27)24-22-19(25)14-12-15-20(22)26/h9-10,12-16,25-26H,2-8,11,17H2,1H3,(H,24,27). The first-order valence-electron chi connectivity index (χ1n) is 10.2. The summed E-state index contributed by atoms with van der Waals surface area (Å²) in [6.07, 6.45) is 10.3. The van der Waals surface area contributed by atoms with E-state index in [-0.39, 0.29) is 23.1 Å². The zero-order valence-corrected chi connectivity index (χ0v) is 17.4. The van der Waals surface area contributed by atoms with Crippen molar-refractivity contribution in [2.45, 2.75) is 63.2 Å². The van der Waals surface area contributed by atoms with Gasteiger partial charge in [0.05, 0.1) is 5.56 Å². The third-order valence-electron chi connectivity index (χ3n) is 4.65. The third-order valence-corrected chi connectivity index (χ3v) is 5.81. The number of anilines is 1. The van der Waals surface area contributed by atoms with Crippen LogP contribution in [0.15, 0.2) is 47.4 Å². The van der Waals surface area contributed by atoms with Gasteiger partial charge in [0.25, 0.3) is 5.91 Å². The topological polar surface area (TPSA) is 69.6 Å². The molecule has 0 aliphatic carbocycles. The van der Waals surface area contributed by atoms with Crippen molar-refractivity contribution in [3.63, 3.8) is 0 Å². The fourth-order valence-electron chi connectivity index (χ4n) is 3.04.